The molecule has 0 saturated carbocycles. The van der Waals surface area contributed by atoms with Gasteiger partial charge in [0.2, 0.25) is 10.0 Å². The van der Waals surface area contributed by atoms with Crippen LogP contribution >= 0.6 is 15.9 Å². The van der Waals surface area contributed by atoms with E-state index in [0.717, 1.165) is 6.42 Å². The van der Waals surface area contributed by atoms with Crippen molar-refractivity contribution in [2.24, 2.45) is 5.92 Å². The maximum Gasteiger partial charge on any atom is 0.245 e. The Bertz CT molecular complexity index is 497. The number of furan rings is 1. The predicted octanol–water partition coefficient (Wildman–Crippen LogP) is 2.25. The van der Waals surface area contributed by atoms with Gasteiger partial charge in [-0.2, -0.15) is 0 Å². The summed E-state index contributed by atoms with van der Waals surface area (Å²) in [5.41, 5.74) is 0. The molecule has 1 heterocycles. The fourth-order valence-corrected chi connectivity index (χ4v) is 3.79. The Labute approximate surface area is 116 Å². The van der Waals surface area contributed by atoms with E-state index in [2.05, 4.69) is 20.7 Å². The lowest BCUT2D eigenvalue weighted by molar-refractivity contribution is 0.245. The molecule has 0 aliphatic heterocycles. The molecular weight excluding hydrogens is 322 g/mol. The first-order valence-electron chi connectivity index (χ1n) is 5.73. The molecule has 1 aromatic rings. The van der Waals surface area contributed by atoms with Crippen molar-refractivity contribution in [3.63, 3.8) is 0 Å². The minimum atomic E-state index is -3.64. The number of hydrogen-bond acceptors (Lipinski definition) is 4. The van der Waals surface area contributed by atoms with Gasteiger partial charge < -0.3 is 9.52 Å². The number of nitrogens with one attached hydrogen (secondary N) is 1. The summed E-state index contributed by atoms with van der Waals surface area (Å²) in [6, 6.07) is 1.15. The van der Waals surface area contributed by atoms with Crippen LogP contribution in [-0.4, -0.2) is 19.6 Å². The first-order valence-corrected chi connectivity index (χ1v) is 8.00. The van der Waals surface area contributed by atoms with Gasteiger partial charge in [-0.3, -0.25) is 0 Å². The lowest BCUT2D eigenvalue weighted by Gasteiger charge is -2.19. The van der Waals surface area contributed by atoms with E-state index in [4.69, 9.17) is 9.52 Å². The molecule has 2 unspecified atom stereocenters. The number of halogens is 1. The van der Waals surface area contributed by atoms with Gasteiger partial charge >= 0.3 is 0 Å². The molecule has 5 nitrogen and oxygen atoms in total. The van der Waals surface area contributed by atoms with E-state index in [1.54, 1.807) is 0 Å². The SMILES string of the molecule is CCC(C)C(C)NS(=O)(=O)c1cc(CO)oc1Br. The minimum Gasteiger partial charge on any atom is -0.450 e. The van der Waals surface area contributed by atoms with E-state index < -0.39 is 10.0 Å². The molecule has 0 fully saturated rings. The van der Waals surface area contributed by atoms with E-state index in [1.807, 2.05) is 20.8 Å². The molecule has 0 aliphatic rings. The highest BCUT2D eigenvalue weighted by Gasteiger charge is 2.25. The average Bonchev–Trinajstić information content (AvgIpc) is 2.69. The third-order valence-electron chi connectivity index (χ3n) is 2.99. The quantitative estimate of drug-likeness (QED) is 0.832. The molecule has 0 bridgehead atoms. The molecule has 0 saturated heterocycles. The molecule has 0 amide bonds. The molecule has 0 radical (unpaired) electrons. The zero-order valence-corrected chi connectivity index (χ0v) is 13.0. The van der Waals surface area contributed by atoms with Crippen molar-refractivity contribution in [3.8, 4) is 0 Å². The Hall–Kier alpha value is -0.370. The van der Waals surface area contributed by atoms with Gasteiger partial charge in [0.25, 0.3) is 0 Å². The van der Waals surface area contributed by atoms with Gasteiger partial charge in [0.05, 0.1) is 0 Å². The third-order valence-corrected chi connectivity index (χ3v) is 5.41. The van der Waals surface area contributed by atoms with Crippen LogP contribution in [0, 0.1) is 5.92 Å². The Morgan fingerprint density at radius 2 is 2.11 bits per heavy atom. The van der Waals surface area contributed by atoms with Gasteiger partial charge in [-0.15, -0.1) is 0 Å². The van der Waals surface area contributed by atoms with Crippen molar-refractivity contribution >= 4 is 26.0 Å². The van der Waals surface area contributed by atoms with Crippen LogP contribution in [0.1, 0.15) is 33.0 Å². The molecule has 2 atom stereocenters. The molecule has 0 aromatic carbocycles. The maximum atomic E-state index is 12.1. The van der Waals surface area contributed by atoms with Crippen LogP contribution in [0.15, 0.2) is 20.0 Å². The maximum absolute atomic E-state index is 12.1. The number of aliphatic hydroxyl groups is 1. The van der Waals surface area contributed by atoms with Gasteiger partial charge in [-0.25, -0.2) is 13.1 Å². The van der Waals surface area contributed by atoms with Crippen molar-refractivity contribution in [1.29, 1.82) is 0 Å². The molecule has 2 N–H and O–H groups in total. The Morgan fingerprint density at radius 1 is 1.50 bits per heavy atom. The summed E-state index contributed by atoms with van der Waals surface area (Å²) in [7, 11) is -3.64. The molecule has 0 spiro atoms. The number of rotatable bonds is 6. The van der Waals surface area contributed by atoms with Gasteiger partial charge in [0.1, 0.15) is 17.3 Å². The van der Waals surface area contributed by atoms with Crippen LogP contribution in [0.3, 0.4) is 0 Å². The Morgan fingerprint density at radius 3 is 2.56 bits per heavy atom. The first-order chi connectivity index (χ1) is 8.31. The van der Waals surface area contributed by atoms with E-state index >= 15 is 0 Å². The van der Waals surface area contributed by atoms with Crippen LogP contribution in [0.2, 0.25) is 0 Å². The smallest absolute Gasteiger partial charge is 0.245 e. The molecule has 0 aliphatic carbocycles. The lowest BCUT2D eigenvalue weighted by atomic mass is 10.0. The first kappa shape index (κ1) is 15.7. The highest BCUT2D eigenvalue weighted by molar-refractivity contribution is 9.10. The number of aliphatic hydroxyl groups excluding tert-OH is 1. The van der Waals surface area contributed by atoms with Gasteiger partial charge in [-0.05, 0) is 28.8 Å². The van der Waals surface area contributed by atoms with Crippen LogP contribution in [0.4, 0.5) is 0 Å². The van der Waals surface area contributed by atoms with E-state index in [-0.39, 0.29) is 33.9 Å². The zero-order chi connectivity index (χ0) is 13.9. The van der Waals surface area contributed by atoms with Gasteiger partial charge in [0, 0.05) is 12.1 Å². The van der Waals surface area contributed by atoms with Crippen LogP contribution in [0.5, 0.6) is 0 Å². The second-order valence-electron chi connectivity index (χ2n) is 4.30. The monoisotopic (exact) mass is 339 g/mol. The Balaban J connectivity index is 2.96. The highest BCUT2D eigenvalue weighted by Crippen LogP contribution is 2.26. The fourth-order valence-electron chi connectivity index (χ4n) is 1.44. The Kier molecular flexibility index (Phi) is 5.39. The van der Waals surface area contributed by atoms with Crippen molar-refractivity contribution in [2.45, 2.75) is 44.7 Å². The zero-order valence-electron chi connectivity index (χ0n) is 10.6. The van der Waals surface area contributed by atoms with E-state index in [0.29, 0.717) is 0 Å². The van der Waals surface area contributed by atoms with Gasteiger partial charge in [-0.1, -0.05) is 20.3 Å². The highest BCUT2D eigenvalue weighted by atomic mass is 79.9. The third kappa shape index (κ3) is 3.57. The summed E-state index contributed by atoms with van der Waals surface area (Å²) in [4.78, 5) is 0.0155. The topological polar surface area (TPSA) is 79.5 Å². The minimum absolute atomic E-state index is 0.0155. The molecule has 7 heteroatoms. The fraction of sp³-hybridized carbons (Fsp3) is 0.636. The second kappa shape index (κ2) is 6.18. The normalized spacial score (nSPS) is 15.6. The molecule has 1 aromatic heterocycles. The second-order valence-corrected chi connectivity index (χ2v) is 6.71. The lowest BCUT2D eigenvalue weighted by Crippen LogP contribution is -2.36. The van der Waals surface area contributed by atoms with Crippen LogP contribution < -0.4 is 4.72 Å². The standard InChI is InChI=1S/C11H18BrNO4S/c1-4-7(2)8(3)13-18(15,16)10-5-9(6-14)17-11(10)12/h5,7-8,13-14H,4,6H2,1-3H3. The molecule has 1 rings (SSSR count). The molecule has 18 heavy (non-hydrogen) atoms. The largest absolute Gasteiger partial charge is 0.450 e. The van der Waals surface area contributed by atoms with E-state index in [9.17, 15) is 8.42 Å². The predicted molar refractivity (Wildman–Crippen MR) is 71.6 cm³/mol. The van der Waals surface area contributed by atoms with Crippen LogP contribution in [0.25, 0.3) is 0 Å². The summed E-state index contributed by atoms with van der Waals surface area (Å²) in [6.45, 7) is 5.48. The van der Waals surface area contributed by atoms with Crippen LogP contribution in [-0.2, 0) is 16.6 Å². The van der Waals surface area contributed by atoms with Crippen molar-refractivity contribution in [2.75, 3.05) is 0 Å². The average molecular weight is 340 g/mol. The summed E-state index contributed by atoms with van der Waals surface area (Å²) in [5, 5.41) is 8.92. The van der Waals surface area contributed by atoms with Gasteiger partial charge in [0.15, 0.2) is 4.67 Å². The van der Waals surface area contributed by atoms with Crippen molar-refractivity contribution in [1.82, 2.24) is 4.72 Å². The van der Waals surface area contributed by atoms with E-state index in [1.165, 1.54) is 6.07 Å². The van der Waals surface area contributed by atoms with Crippen molar-refractivity contribution < 1.29 is 17.9 Å². The number of hydrogen-bond donors (Lipinski definition) is 2. The summed E-state index contributed by atoms with van der Waals surface area (Å²) < 4.78 is 32.0. The molecular formula is C11H18BrNO4S. The van der Waals surface area contributed by atoms with Crippen molar-refractivity contribution in [3.05, 3.63) is 16.5 Å². The molecule has 104 valence electrons. The number of sulfonamides is 1. The summed E-state index contributed by atoms with van der Waals surface area (Å²) in [5.74, 6) is 0.446. The summed E-state index contributed by atoms with van der Waals surface area (Å²) >= 11 is 3.04. The summed E-state index contributed by atoms with van der Waals surface area (Å²) in [6.07, 6.45) is 0.887.